The van der Waals surface area contributed by atoms with Gasteiger partial charge in [-0.2, -0.15) is 0 Å². The van der Waals surface area contributed by atoms with E-state index in [9.17, 15) is 0 Å². The van der Waals surface area contributed by atoms with Crippen LogP contribution in [0.5, 0.6) is 0 Å². The zero-order valence-corrected chi connectivity index (χ0v) is 11.0. The summed E-state index contributed by atoms with van der Waals surface area (Å²) in [5.74, 6) is 0. The van der Waals surface area contributed by atoms with Crippen molar-refractivity contribution in [3.05, 3.63) is 0 Å². The van der Waals surface area contributed by atoms with Crippen LogP contribution < -0.4 is 0 Å². The molecular weight excluding hydrogens is 171 g/mol. The molecule has 0 aliphatic rings. The Hall–Kier alpha value is 0.774. The first kappa shape index (κ1) is 13.8. The third kappa shape index (κ3) is 10.7. The fourth-order valence-electron chi connectivity index (χ4n) is 1.24. The maximum atomic E-state index is 5.66. The Labute approximate surface area is 93.8 Å². The molecule has 0 spiro atoms. The van der Waals surface area contributed by atoms with Crippen molar-refractivity contribution in [1.29, 1.82) is 0 Å². The van der Waals surface area contributed by atoms with Gasteiger partial charge >= 0.3 is 93.8 Å². The van der Waals surface area contributed by atoms with Gasteiger partial charge in [-0.05, 0) is 0 Å². The van der Waals surface area contributed by atoms with Gasteiger partial charge in [0, 0.05) is 0 Å². The number of hydrogen-bond donors (Lipinski definition) is 0. The molecular formula is C10H23LiOSi. The molecule has 0 aromatic carbocycles. The van der Waals surface area contributed by atoms with Gasteiger partial charge < -0.3 is 0 Å². The van der Waals surface area contributed by atoms with Crippen LogP contribution >= 0.6 is 0 Å². The summed E-state index contributed by atoms with van der Waals surface area (Å²) >= 11 is 2.28. The molecule has 74 valence electrons. The molecule has 0 fully saturated rings. The summed E-state index contributed by atoms with van der Waals surface area (Å²) in [5.41, 5.74) is 0. The number of ether oxygens (including phenoxy) is 1. The van der Waals surface area contributed by atoms with E-state index in [4.69, 9.17) is 4.74 Å². The molecule has 0 N–H and O–H groups in total. The monoisotopic (exact) mass is 194 g/mol. The van der Waals surface area contributed by atoms with Crippen LogP contribution in [0.25, 0.3) is 0 Å². The van der Waals surface area contributed by atoms with Gasteiger partial charge in [0.25, 0.3) is 0 Å². The molecule has 0 aromatic rings. The van der Waals surface area contributed by atoms with E-state index in [1.165, 1.54) is 18.9 Å². The third-order valence-corrected chi connectivity index (χ3v) is 3.88. The van der Waals surface area contributed by atoms with Crippen molar-refractivity contribution in [2.24, 2.45) is 0 Å². The average Bonchev–Trinajstić information content (AvgIpc) is 1.97. The molecule has 0 saturated carbocycles. The fraction of sp³-hybridized carbons (Fsp3) is 1.00. The van der Waals surface area contributed by atoms with Crippen molar-refractivity contribution >= 4 is 25.8 Å². The van der Waals surface area contributed by atoms with Gasteiger partial charge in [-0.25, -0.2) is 0 Å². The summed E-state index contributed by atoms with van der Waals surface area (Å²) in [6, 6.07) is 1.30. The quantitative estimate of drug-likeness (QED) is 0.447. The van der Waals surface area contributed by atoms with Crippen LogP contribution in [0.1, 0.15) is 19.8 Å². The summed E-state index contributed by atoms with van der Waals surface area (Å²) < 4.78 is 6.40. The second-order valence-electron chi connectivity index (χ2n) is 5.28. The molecule has 1 unspecified atom stereocenters. The van der Waals surface area contributed by atoms with Gasteiger partial charge in [0.2, 0.25) is 0 Å². The Balaban J connectivity index is 3.25. The van der Waals surface area contributed by atoms with Crippen molar-refractivity contribution in [1.82, 2.24) is 0 Å². The predicted molar refractivity (Wildman–Crippen MR) is 63.4 cm³/mol. The van der Waals surface area contributed by atoms with Crippen LogP contribution in [-0.4, -0.2) is 39.0 Å². The number of rotatable bonds is 7. The SMILES string of the molecule is [Li][CH](CCC)COCC[Si](C)(C)C. The molecule has 0 saturated heterocycles. The van der Waals surface area contributed by atoms with Crippen LogP contribution in [0.4, 0.5) is 0 Å². The normalized spacial score (nSPS) is 14.6. The Bertz CT molecular complexity index is 123. The first-order valence-electron chi connectivity index (χ1n) is 5.53. The van der Waals surface area contributed by atoms with Gasteiger partial charge in [0.05, 0.1) is 0 Å². The van der Waals surface area contributed by atoms with Crippen LogP contribution in [0.3, 0.4) is 0 Å². The molecule has 0 bridgehead atoms. The molecule has 0 aromatic heterocycles. The molecule has 0 heterocycles. The van der Waals surface area contributed by atoms with E-state index in [1.807, 2.05) is 0 Å². The average molecular weight is 194 g/mol. The standard InChI is InChI=1S/C10H23OSi.Li/c1-5-6-7-8-11-9-10-12(2,3)4;/h7H,5-6,8-10H2,1-4H3;. The first-order chi connectivity index (χ1) is 5.95. The molecule has 13 heavy (non-hydrogen) atoms. The Morgan fingerprint density at radius 1 is 1.31 bits per heavy atom. The molecule has 0 radical (unpaired) electrons. The van der Waals surface area contributed by atoms with Crippen LogP contribution in [0, 0.1) is 0 Å². The minimum absolute atomic E-state index is 0.742. The van der Waals surface area contributed by atoms with E-state index < -0.39 is 8.07 Å². The van der Waals surface area contributed by atoms with E-state index in [0.717, 1.165) is 17.8 Å². The Morgan fingerprint density at radius 2 is 1.92 bits per heavy atom. The van der Waals surface area contributed by atoms with Crippen molar-refractivity contribution in [2.45, 2.75) is 50.0 Å². The minimum atomic E-state index is -0.873. The molecule has 3 heteroatoms. The Kier molecular flexibility index (Phi) is 7.54. The van der Waals surface area contributed by atoms with E-state index in [2.05, 4.69) is 44.3 Å². The van der Waals surface area contributed by atoms with Gasteiger partial charge in [0.15, 0.2) is 0 Å². The topological polar surface area (TPSA) is 9.23 Å². The second-order valence-corrected chi connectivity index (χ2v) is 10.9. The van der Waals surface area contributed by atoms with Crippen molar-refractivity contribution < 1.29 is 4.74 Å². The van der Waals surface area contributed by atoms with Crippen LogP contribution in [0.15, 0.2) is 0 Å². The predicted octanol–water partition coefficient (Wildman–Crippen LogP) is 3.10. The fourth-order valence-corrected chi connectivity index (χ4v) is 2.00. The molecule has 0 aliphatic carbocycles. The van der Waals surface area contributed by atoms with E-state index in [1.54, 1.807) is 0 Å². The maximum absolute atomic E-state index is 5.66. The molecule has 1 nitrogen and oxygen atoms in total. The van der Waals surface area contributed by atoms with Crippen molar-refractivity contribution in [2.75, 3.05) is 13.2 Å². The number of hydrogen-bond acceptors (Lipinski definition) is 1. The summed E-state index contributed by atoms with van der Waals surface area (Å²) in [6.07, 6.45) is 2.57. The summed E-state index contributed by atoms with van der Waals surface area (Å²) in [4.78, 5) is 0. The molecule has 0 amide bonds. The molecule has 1 atom stereocenters. The second kappa shape index (κ2) is 7.12. The van der Waals surface area contributed by atoms with Crippen molar-refractivity contribution in [3.63, 3.8) is 0 Å². The van der Waals surface area contributed by atoms with Crippen molar-refractivity contribution in [3.8, 4) is 0 Å². The summed E-state index contributed by atoms with van der Waals surface area (Å²) in [7, 11) is -0.873. The zero-order chi connectivity index (χ0) is 10.3. The molecule has 0 rings (SSSR count). The Morgan fingerprint density at radius 3 is 2.38 bits per heavy atom. The van der Waals surface area contributed by atoms with Gasteiger partial charge in [-0.15, -0.1) is 0 Å². The van der Waals surface area contributed by atoms with E-state index in [0.29, 0.717) is 0 Å². The van der Waals surface area contributed by atoms with Crippen LogP contribution in [-0.2, 0) is 4.74 Å². The van der Waals surface area contributed by atoms with Gasteiger partial charge in [-0.3, -0.25) is 0 Å². The van der Waals surface area contributed by atoms with E-state index >= 15 is 0 Å². The zero-order valence-electron chi connectivity index (χ0n) is 10.0. The molecule has 0 aliphatic heterocycles. The van der Waals surface area contributed by atoms with Crippen LogP contribution in [0.2, 0.25) is 30.3 Å². The van der Waals surface area contributed by atoms with Gasteiger partial charge in [-0.1, -0.05) is 0 Å². The summed E-state index contributed by atoms with van der Waals surface area (Å²) in [6.45, 7) is 11.4. The third-order valence-electron chi connectivity index (χ3n) is 2.18. The van der Waals surface area contributed by atoms with Gasteiger partial charge in [0.1, 0.15) is 0 Å². The summed E-state index contributed by atoms with van der Waals surface area (Å²) in [5, 5.41) is 0. The van der Waals surface area contributed by atoms with E-state index in [-0.39, 0.29) is 0 Å². The first-order valence-corrected chi connectivity index (χ1v) is 9.24.